The number of carboxylic acid groups (broad SMARTS) is 1. The molecule has 0 aliphatic heterocycles. The highest BCUT2D eigenvalue weighted by Crippen LogP contribution is 1.99. The summed E-state index contributed by atoms with van der Waals surface area (Å²) in [7, 11) is 3.07. The van der Waals surface area contributed by atoms with E-state index < -0.39 is 11.9 Å². The predicted octanol–water partition coefficient (Wildman–Crippen LogP) is 0.0794. The number of carbonyl (C=O) groups excluding carboxylic acids is 1. The standard InChI is InChI=1S/C10H16O6/c1-14-5-8(6-15-2)7-16-10(13)4-3-9(11)12/h3-4,8H,5-7H2,1-2H3,(H,11,12)/b4-3-. The molecule has 0 aromatic heterocycles. The molecule has 6 heteroatoms. The van der Waals surface area contributed by atoms with Crippen molar-refractivity contribution in [1.82, 2.24) is 0 Å². The predicted molar refractivity (Wildman–Crippen MR) is 55.0 cm³/mol. The number of carbonyl (C=O) groups is 2. The molecule has 0 atom stereocenters. The summed E-state index contributed by atoms with van der Waals surface area (Å²) in [6, 6.07) is 0. The van der Waals surface area contributed by atoms with Gasteiger partial charge in [-0.05, 0) is 0 Å². The Bertz CT molecular complexity index is 242. The van der Waals surface area contributed by atoms with Crippen LogP contribution in [0.2, 0.25) is 0 Å². The van der Waals surface area contributed by atoms with E-state index in [1.807, 2.05) is 0 Å². The minimum absolute atomic E-state index is 0.0582. The van der Waals surface area contributed by atoms with Crippen molar-refractivity contribution in [3.05, 3.63) is 12.2 Å². The molecular formula is C10H16O6. The lowest BCUT2D eigenvalue weighted by Gasteiger charge is -2.14. The Hall–Kier alpha value is -1.40. The smallest absolute Gasteiger partial charge is 0.331 e. The van der Waals surface area contributed by atoms with Crippen LogP contribution in [0.15, 0.2) is 12.2 Å². The summed E-state index contributed by atoms with van der Waals surface area (Å²) in [4.78, 5) is 21.1. The molecule has 6 nitrogen and oxygen atoms in total. The summed E-state index contributed by atoms with van der Waals surface area (Å²) < 4.78 is 14.6. The fourth-order valence-electron chi connectivity index (χ4n) is 1.00. The Labute approximate surface area is 93.8 Å². The molecular weight excluding hydrogens is 216 g/mol. The van der Waals surface area contributed by atoms with E-state index in [-0.39, 0.29) is 12.5 Å². The molecule has 16 heavy (non-hydrogen) atoms. The van der Waals surface area contributed by atoms with Gasteiger partial charge < -0.3 is 19.3 Å². The van der Waals surface area contributed by atoms with Crippen LogP contribution in [-0.4, -0.2) is 51.1 Å². The van der Waals surface area contributed by atoms with E-state index in [0.29, 0.717) is 13.2 Å². The van der Waals surface area contributed by atoms with Gasteiger partial charge in [0, 0.05) is 32.3 Å². The van der Waals surface area contributed by atoms with Crippen molar-refractivity contribution < 1.29 is 28.9 Å². The van der Waals surface area contributed by atoms with Crippen molar-refractivity contribution in [2.45, 2.75) is 0 Å². The van der Waals surface area contributed by atoms with E-state index in [0.717, 1.165) is 12.2 Å². The summed E-state index contributed by atoms with van der Waals surface area (Å²) in [5.74, 6) is -1.95. The summed E-state index contributed by atoms with van der Waals surface area (Å²) in [6.45, 7) is 0.942. The van der Waals surface area contributed by atoms with Gasteiger partial charge in [-0.2, -0.15) is 0 Å². The van der Waals surface area contributed by atoms with Gasteiger partial charge in [-0.3, -0.25) is 0 Å². The molecule has 0 aliphatic carbocycles. The lowest BCUT2D eigenvalue weighted by molar-refractivity contribution is -0.141. The Morgan fingerprint density at radius 3 is 2.12 bits per heavy atom. The Balaban J connectivity index is 3.90. The van der Waals surface area contributed by atoms with Crippen molar-refractivity contribution in [3.63, 3.8) is 0 Å². The maximum absolute atomic E-state index is 11.0. The van der Waals surface area contributed by atoms with Crippen LogP contribution in [0.4, 0.5) is 0 Å². The molecule has 92 valence electrons. The van der Waals surface area contributed by atoms with Gasteiger partial charge in [-0.25, -0.2) is 9.59 Å². The SMILES string of the molecule is COCC(COC)COC(=O)/C=C\C(=O)O. The second kappa shape index (κ2) is 8.87. The van der Waals surface area contributed by atoms with Crippen molar-refractivity contribution >= 4 is 11.9 Å². The highest BCUT2D eigenvalue weighted by molar-refractivity contribution is 5.90. The second-order valence-corrected chi connectivity index (χ2v) is 3.08. The maximum atomic E-state index is 11.0. The van der Waals surface area contributed by atoms with Crippen LogP contribution >= 0.6 is 0 Å². The number of rotatable bonds is 8. The van der Waals surface area contributed by atoms with Crippen LogP contribution in [0.3, 0.4) is 0 Å². The summed E-state index contributed by atoms with van der Waals surface area (Å²) in [5.41, 5.74) is 0. The fraction of sp³-hybridized carbons (Fsp3) is 0.600. The molecule has 0 aromatic carbocycles. The van der Waals surface area contributed by atoms with Gasteiger partial charge in [-0.15, -0.1) is 0 Å². The molecule has 0 amide bonds. The van der Waals surface area contributed by atoms with Crippen LogP contribution in [0.1, 0.15) is 0 Å². The Kier molecular flexibility index (Phi) is 8.10. The number of carboxylic acids is 1. The van der Waals surface area contributed by atoms with Gasteiger partial charge in [0.25, 0.3) is 0 Å². The average Bonchev–Trinajstić information content (AvgIpc) is 2.23. The number of hydrogen-bond donors (Lipinski definition) is 1. The third kappa shape index (κ3) is 7.95. The first kappa shape index (κ1) is 14.6. The van der Waals surface area contributed by atoms with Crippen LogP contribution in [0, 0.1) is 5.92 Å². The fourth-order valence-corrected chi connectivity index (χ4v) is 1.00. The van der Waals surface area contributed by atoms with E-state index in [4.69, 9.17) is 19.3 Å². The first-order valence-electron chi connectivity index (χ1n) is 4.65. The molecule has 0 saturated heterocycles. The van der Waals surface area contributed by atoms with Crippen LogP contribution in [-0.2, 0) is 23.8 Å². The lowest BCUT2D eigenvalue weighted by Crippen LogP contribution is -2.22. The van der Waals surface area contributed by atoms with Gasteiger partial charge in [0.15, 0.2) is 0 Å². The van der Waals surface area contributed by atoms with E-state index in [9.17, 15) is 9.59 Å². The Morgan fingerprint density at radius 2 is 1.69 bits per heavy atom. The first-order chi connectivity index (χ1) is 7.60. The van der Waals surface area contributed by atoms with Gasteiger partial charge in [0.1, 0.15) is 0 Å². The number of ether oxygens (including phenoxy) is 3. The van der Waals surface area contributed by atoms with Crippen LogP contribution in [0.5, 0.6) is 0 Å². The van der Waals surface area contributed by atoms with Gasteiger partial charge in [-0.1, -0.05) is 0 Å². The van der Waals surface area contributed by atoms with E-state index >= 15 is 0 Å². The van der Waals surface area contributed by atoms with Crippen molar-refractivity contribution in [2.75, 3.05) is 34.0 Å². The molecule has 0 heterocycles. The highest BCUT2D eigenvalue weighted by atomic mass is 16.5. The lowest BCUT2D eigenvalue weighted by atomic mass is 10.2. The number of hydrogen-bond acceptors (Lipinski definition) is 5. The largest absolute Gasteiger partial charge is 0.478 e. The minimum atomic E-state index is -1.19. The highest BCUT2D eigenvalue weighted by Gasteiger charge is 2.10. The quantitative estimate of drug-likeness (QED) is 0.471. The van der Waals surface area contributed by atoms with Gasteiger partial charge in [0.05, 0.1) is 19.8 Å². The third-order valence-corrected chi connectivity index (χ3v) is 1.63. The van der Waals surface area contributed by atoms with Crippen molar-refractivity contribution in [3.8, 4) is 0 Å². The molecule has 0 unspecified atom stereocenters. The molecule has 0 fully saturated rings. The molecule has 0 spiro atoms. The number of methoxy groups -OCH3 is 2. The second-order valence-electron chi connectivity index (χ2n) is 3.08. The average molecular weight is 232 g/mol. The maximum Gasteiger partial charge on any atom is 0.331 e. The van der Waals surface area contributed by atoms with Crippen LogP contribution in [0.25, 0.3) is 0 Å². The van der Waals surface area contributed by atoms with E-state index in [1.54, 1.807) is 0 Å². The first-order valence-corrected chi connectivity index (χ1v) is 4.65. The molecule has 0 aromatic rings. The van der Waals surface area contributed by atoms with Crippen LogP contribution < -0.4 is 0 Å². The molecule has 0 radical (unpaired) electrons. The van der Waals surface area contributed by atoms with E-state index in [2.05, 4.69) is 0 Å². The summed E-state index contributed by atoms with van der Waals surface area (Å²) in [5, 5.41) is 8.27. The topological polar surface area (TPSA) is 82.1 Å². The zero-order valence-electron chi connectivity index (χ0n) is 9.34. The van der Waals surface area contributed by atoms with Crippen molar-refractivity contribution in [2.24, 2.45) is 5.92 Å². The van der Waals surface area contributed by atoms with E-state index in [1.165, 1.54) is 14.2 Å². The molecule has 0 saturated carbocycles. The Morgan fingerprint density at radius 1 is 1.12 bits per heavy atom. The van der Waals surface area contributed by atoms with Crippen molar-refractivity contribution in [1.29, 1.82) is 0 Å². The summed E-state index contributed by atoms with van der Waals surface area (Å²) >= 11 is 0. The third-order valence-electron chi connectivity index (χ3n) is 1.63. The van der Waals surface area contributed by atoms with Gasteiger partial charge in [0.2, 0.25) is 0 Å². The molecule has 1 N–H and O–H groups in total. The molecule has 0 aliphatic rings. The normalized spacial score (nSPS) is 10.9. The molecule has 0 bridgehead atoms. The zero-order valence-corrected chi connectivity index (χ0v) is 9.34. The zero-order chi connectivity index (χ0) is 12.4. The number of aliphatic carboxylic acids is 1. The monoisotopic (exact) mass is 232 g/mol. The molecule has 0 rings (SSSR count). The summed E-state index contributed by atoms with van der Waals surface area (Å²) in [6.07, 6.45) is 1.59. The van der Waals surface area contributed by atoms with Gasteiger partial charge >= 0.3 is 11.9 Å². The number of esters is 1. The minimum Gasteiger partial charge on any atom is -0.478 e.